The summed E-state index contributed by atoms with van der Waals surface area (Å²) in [6.45, 7) is 1.84. The smallest absolute Gasteiger partial charge is 0.363 e. The third-order valence-electron chi connectivity index (χ3n) is 2.14. The minimum absolute atomic E-state index is 0.0330. The second-order valence-corrected chi connectivity index (χ2v) is 3.64. The maximum absolute atomic E-state index is 10.4. The Morgan fingerprint density at radius 3 is 2.82 bits per heavy atom. The van der Waals surface area contributed by atoms with E-state index >= 15 is 0 Å². The van der Waals surface area contributed by atoms with Gasteiger partial charge in [0.25, 0.3) is 0 Å². The summed E-state index contributed by atoms with van der Waals surface area (Å²) in [7, 11) is 0. The number of carboxylic acid groups (broad SMARTS) is 1. The normalized spacial score (nSPS) is 11.8. The van der Waals surface area contributed by atoms with Gasteiger partial charge >= 0.3 is 11.8 Å². The molecule has 0 saturated carbocycles. The minimum Gasteiger partial charge on any atom is -0.481 e. The third-order valence-corrected chi connectivity index (χ3v) is 2.14. The Morgan fingerprint density at radius 2 is 2.35 bits per heavy atom. The van der Waals surface area contributed by atoms with Crippen molar-refractivity contribution in [3.8, 4) is 0 Å². The van der Waals surface area contributed by atoms with E-state index in [1.165, 1.54) is 12.3 Å². The highest BCUT2D eigenvalue weighted by Crippen LogP contribution is 2.13. The van der Waals surface area contributed by atoms with Crippen molar-refractivity contribution in [2.45, 2.75) is 25.8 Å². The molecule has 0 radical (unpaired) electrons. The van der Waals surface area contributed by atoms with Gasteiger partial charge in [-0.3, -0.25) is 4.79 Å². The molecule has 0 fully saturated rings. The fraction of sp³-hybridized carbons (Fsp3) is 0.400. The van der Waals surface area contributed by atoms with Crippen LogP contribution >= 0.6 is 0 Å². The van der Waals surface area contributed by atoms with E-state index in [1.54, 1.807) is 6.07 Å². The number of aromatic nitrogens is 1. The quantitative estimate of drug-likeness (QED) is 0.577. The van der Waals surface area contributed by atoms with Gasteiger partial charge in [0.15, 0.2) is 6.20 Å². The van der Waals surface area contributed by atoms with Gasteiger partial charge < -0.3 is 20.5 Å². The molecule has 0 aliphatic heterocycles. The van der Waals surface area contributed by atoms with Crippen molar-refractivity contribution in [3.63, 3.8) is 0 Å². The van der Waals surface area contributed by atoms with E-state index in [-0.39, 0.29) is 18.3 Å². The Morgan fingerprint density at radius 1 is 1.65 bits per heavy atom. The molecule has 7 heteroatoms. The first-order chi connectivity index (χ1) is 7.99. The molecule has 0 aliphatic carbocycles. The summed E-state index contributed by atoms with van der Waals surface area (Å²) >= 11 is 0. The molecule has 1 unspecified atom stereocenters. The molecule has 1 atom stereocenters. The van der Waals surface area contributed by atoms with E-state index in [1.807, 2.05) is 6.92 Å². The molecule has 17 heavy (non-hydrogen) atoms. The first-order valence-electron chi connectivity index (χ1n) is 5.08. The molecular formula is C10H13N3O4. The Kier molecular flexibility index (Phi) is 4.38. The molecule has 92 valence electrons. The zero-order chi connectivity index (χ0) is 12.8. The van der Waals surface area contributed by atoms with Gasteiger partial charge in [-0.2, -0.15) is 0 Å². The Bertz CT molecular complexity index is 405. The highest BCUT2D eigenvalue weighted by molar-refractivity contribution is 5.66. The lowest BCUT2D eigenvalue weighted by Gasteiger charge is -2.12. The number of nitrogens with one attached hydrogen (secondary N) is 1. The van der Waals surface area contributed by atoms with Crippen molar-refractivity contribution in [2.24, 2.45) is 0 Å². The van der Waals surface area contributed by atoms with Crippen molar-refractivity contribution >= 4 is 17.5 Å². The molecule has 0 amide bonds. The summed E-state index contributed by atoms with van der Waals surface area (Å²) in [4.78, 5) is 23.8. The van der Waals surface area contributed by atoms with Gasteiger partial charge in [0, 0.05) is 18.5 Å². The summed E-state index contributed by atoms with van der Waals surface area (Å²) in [5.74, 6) is -1.06. The molecule has 1 aromatic heterocycles. The van der Waals surface area contributed by atoms with Crippen LogP contribution in [0.25, 0.3) is 0 Å². The molecular weight excluding hydrogens is 226 g/mol. The van der Waals surface area contributed by atoms with Crippen LogP contribution in [0, 0.1) is 10.1 Å². The standard InChI is InChI=1S/C10H13N3O4/c1-7(2-5-10(14)15)12-8-3-4-9(11-6-8)13(16)17/h3-4,6-7,12H,2,5H2,1H3,(H,14,15). The number of rotatable bonds is 6. The highest BCUT2D eigenvalue weighted by atomic mass is 16.6. The summed E-state index contributed by atoms with van der Waals surface area (Å²) in [5, 5.41) is 21.9. The lowest BCUT2D eigenvalue weighted by molar-refractivity contribution is -0.389. The molecule has 0 aromatic carbocycles. The molecule has 0 aliphatic rings. The van der Waals surface area contributed by atoms with E-state index in [0.717, 1.165) is 0 Å². The summed E-state index contributed by atoms with van der Waals surface area (Å²) in [5.41, 5.74) is 0.633. The Hall–Kier alpha value is -2.18. The van der Waals surface area contributed by atoms with Crippen molar-refractivity contribution in [3.05, 3.63) is 28.4 Å². The number of pyridine rings is 1. The predicted octanol–water partition coefficient (Wildman–Crippen LogP) is 1.65. The number of hydrogen-bond acceptors (Lipinski definition) is 5. The fourth-order valence-electron chi connectivity index (χ4n) is 1.28. The molecule has 0 spiro atoms. The van der Waals surface area contributed by atoms with Crippen LogP contribution < -0.4 is 5.32 Å². The van der Waals surface area contributed by atoms with Crippen LogP contribution in [-0.2, 0) is 4.79 Å². The zero-order valence-electron chi connectivity index (χ0n) is 9.29. The number of carboxylic acids is 1. The van der Waals surface area contributed by atoms with Gasteiger partial charge in [0.1, 0.15) is 0 Å². The number of carbonyl (C=O) groups is 1. The lowest BCUT2D eigenvalue weighted by Crippen LogP contribution is -2.16. The molecule has 0 saturated heterocycles. The highest BCUT2D eigenvalue weighted by Gasteiger charge is 2.09. The van der Waals surface area contributed by atoms with E-state index in [4.69, 9.17) is 5.11 Å². The molecule has 1 aromatic rings. The van der Waals surface area contributed by atoms with Crippen LogP contribution in [-0.4, -0.2) is 27.0 Å². The molecule has 7 nitrogen and oxygen atoms in total. The lowest BCUT2D eigenvalue weighted by atomic mass is 10.2. The first kappa shape index (κ1) is 12.9. The Balaban J connectivity index is 2.51. The van der Waals surface area contributed by atoms with Crippen LogP contribution in [0.4, 0.5) is 11.5 Å². The van der Waals surface area contributed by atoms with E-state index < -0.39 is 10.9 Å². The maximum Gasteiger partial charge on any atom is 0.363 e. The largest absolute Gasteiger partial charge is 0.481 e. The number of nitrogens with zero attached hydrogens (tertiary/aromatic N) is 2. The molecule has 1 heterocycles. The molecule has 1 rings (SSSR count). The van der Waals surface area contributed by atoms with Crippen molar-refractivity contribution < 1.29 is 14.8 Å². The van der Waals surface area contributed by atoms with Crippen LogP contribution in [0.3, 0.4) is 0 Å². The van der Waals surface area contributed by atoms with Gasteiger partial charge in [-0.15, -0.1) is 0 Å². The van der Waals surface area contributed by atoms with Gasteiger partial charge in [0.2, 0.25) is 0 Å². The van der Waals surface area contributed by atoms with Gasteiger partial charge in [0.05, 0.1) is 5.69 Å². The topological polar surface area (TPSA) is 105 Å². The number of nitro groups is 1. The average Bonchev–Trinajstić information content (AvgIpc) is 2.27. The molecule has 0 bridgehead atoms. The second-order valence-electron chi connectivity index (χ2n) is 3.64. The van der Waals surface area contributed by atoms with Gasteiger partial charge in [-0.1, -0.05) is 0 Å². The summed E-state index contributed by atoms with van der Waals surface area (Å²) in [6.07, 6.45) is 1.91. The van der Waals surface area contributed by atoms with E-state index in [0.29, 0.717) is 12.1 Å². The van der Waals surface area contributed by atoms with E-state index in [9.17, 15) is 14.9 Å². The second kappa shape index (κ2) is 5.78. The average molecular weight is 239 g/mol. The minimum atomic E-state index is -0.847. The molecule has 2 N–H and O–H groups in total. The predicted molar refractivity (Wildman–Crippen MR) is 60.8 cm³/mol. The van der Waals surface area contributed by atoms with Gasteiger partial charge in [-0.05, 0) is 29.3 Å². The summed E-state index contributed by atoms with van der Waals surface area (Å²) in [6, 6.07) is 2.81. The number of aliphatic carboxylic acids is 1. The summed E-state index contributed by atoms with van der Waals surface area (Å²) < 4.78 is 0. The Labute approximate surface area is 97.6 Å². The third kappa shape index (κ3) is 4.45. The maximum atomic E-state index is 10.4. The zero-order valence-corrected chi connectivity index (χ0v) is 9.29. The fourth-order valence-corrected chi connectivity index (χ4v) is 1.28. The van der Waals surface area contributed by atoms with Crippen LogP contribution in [0.1, 0.15) is 19.8 Å². The first-order valence-corrected chi connectivity index (χ1v) is 5.08. The number of hydrogen-bond donors (Lipinski definition) is 2. The SMILES string of the molecule is CC(CCC(=O)O)Nc1ccc([N+](=O)[O-])nc1. The monoisotopic (exact) mass is 239 g/mol. The van der Waals surface area contributed by atoms with Crippen molar-refractivity contribution in [1.29, 1.82) is 0 Å². The van der Waals surface area contributed by atoms with Crippen LogP contribution in [0.5, 0.6) is 0 Å². The van der Waals surface area contributed by atoms with Crippen LogP contribution in [0.2, 0.25) is 0 Å². The van der Waals surface area contributed by atoms with E-state index in [2.05, 4.69) is 10.3 Å². The number of anilines is 1. The van der Waals surface area contributed by atoms with Gasteiger partial charge in [-0.25, -0.2) is 0 Å². The van der Waals surface area contributed by atoms with Crippen LogP contribution in [0.15, 0.2) is 18.3 Å². The van der Waals surface area contributed by atoms with Crippen molar-refractivity contribution in [2.75, 3.05) is 5.32 Å². The van der Waals surface area contributed by atoms with Crippen molar-refractivity contribution in [1.82, 2.24) is 4.98 Å².